The fraction of sp³-hybridized carbons (Fsp3) is 0.364. The van der Waals surface area contributed by atoms with Crippen LogP contribution in [0.15, 0.2) is 54.6 Å². The molecule has 2 aromatic rings. The van der Waals surface area contributed by atoms with Crippen molar-refractivity contribution in [2.45, 2.75) is 32.3 Å². The second kappa shape index (κ2) is 9.21. The van der Waals surface area contributed by atoms with E-state index in [1.54, 1.807) is 12.1 Å². The Bertz CT molecular complexity index is 775. The van der Waals surface area contributed by atoms with Crippen LogP contribution in [0.25, 0.3) is 0 Å². The number of rotatable bonds is 7. The summed E-state index contributed by atoms with van der Waals surface area (Å²) in [4.78, 5) is 25.5. The van der Waals surface area contributed by atoms with E-state index in [2.05, 4.69) is 0 Å². The average Bonchev–Trinajstić information content (AvgIpc) is 2.71. The summed E-state index contributed by atoms with van der Waals surface area (Å²) in [5, 5.41) is 8.87. The Labute approximate surface area is 159 Å². The van der Waals surface area contributed by atoms with Crippen LogP contribution < -0.4 is 4.74 Å². The molecule has 27 heavy (non-hydrogen) atoms. The van der Waals surface area contributed by atoms with Gasteiger partial charge in [-0.2, -0.15) is 0 Å². The first-order valence-corrected chi connectivity index (χ1v) is 9.39. The Balaban J connectivity index is 1.60. The summed E-state index contributed by atoms with van der Waals surface area (Å²) < 4.78 is 5.82. The first-order chi connectivity index (χ1) is 13.1. The van der Waals surface area contributed by atoms with Gasteiger partial charge in [0, 0.05) is 25.1 Å². The molecule has 142 valence electrons. The smallest absolute Gasteiger partial charge is 0.303 e. The third-order valence-corrected chi connectivity index (χ3v) is 4.90. The van der Waals surface area contributed by atoms with Gasteiger partial charge in [-0.25, -0.2) is 0 Å². The van der Waals surface area contributed by atoms with Gasteiger partial charge in [-0.15, -0.1) is 0 Å². The molecule has 1 fully saturated rings. The van der Waals surface area contributed by atoms with Crippen molar-refractivity contribution in [2.75, 3.05) is 13.1 Å². The quantitative estimate of drug-likeness (QED) is 0.804. The van der Waals surface area contributed by atoms with Gasteiger partial charge >= 0.3 is 5.97 Å². The maximum Gasteiger partial charge on any atom is 0.303 e. The van der Waals surface area contributed by atoms with Crippen LogP contribution in [0, 0.1) is 5.92 Å². The molecule has 3 rings (SSSR count). The Morgan fingerprint density at radius 2 is 1.93 bits per heavy atom. The second-order valence-corrected chi connectivity index (χ2v) is 6.99. The van der Waals surface area contributed by atoms with Gasteiger partial charge in [0.05, 0.1) is 0 Å². The highest BCUT2D eigenvalue weighted by Gasteiger charge is 2.25. The first kappa shape index (κ1) is 19.0. The SMILES string of the molecule is O=C(O)CCC1CCCN(C(=O)c2cccc(OCc3ccccc3)c2)C1. The molecule has 0 saturated carbocycles. The average molecular weight is 367 g/mol. The van der Waals surface area contributed by atoms with E-state index in [9.17, 15) is 9.59 Å². The number of carboxylic acid groups (broad SMARTS) is 1. The number of aliphatic carboxylic acids is 1. The number of likely N-dealkylation sites (tertiary alicyclic amines) is 1. The number of piperidine rings is 1. The summed E-state index contributed by atoms with van der Waals surface area (Å²) in [6, 6.07) is 17.2. The molecule has 1 aliphatic heterocycles. The Kier molecular flexibility index (Phi) is 6.47. The number of carbonyl (C=O) groups excluding carboxylic acids is 1. The summed E-state index contributed by atoms with van der Waals surface area (Å²) in [5.74, 6) is 0.141. The molecule has 1 amide bonds. The van der Waals surface area contributed by atoms with Crippen molar-refractivity contribution < 1.29 is 19.4 Å². The zero-order valence-electron chi connectivity index (χ0n) is 15.3. The number of amides is 1. The standard InChI is InChI=1S/C22H25NO4/c24-21(25)12-11-17-8-5-13-23(15-17)22(26)19-9-4-10-20(14-19)27-16-18-6-2-1-3-7-18/h1-4,6-7,9-10,14,17H,5,8,11-13,15-16H2,(H,24,25). The number of hydrogen-bond donors (Lipinski definition) is 1. The molecule has 0 aliphatic carbocycles. The third kappa shape index (κ3) is 5.58. The summed E-state index contributed by atoms with van der Waals surface area (Å²) in [6.07, 6.45) is 2.69. The molecule has 0 bridgehead atoms. The molecule has 0 aromatic heterocycles. The van der Waals surface area contributed by atoms with E-state index in [1.165, 1.54) is 0 Å². The van der Waals surface area contributed by atoms with Gasteiger partial charge < -0.3 is 14.7 Å². The lowest BCUT2D eigenvalue weighted by Gasteiger charge is -2.32. The minimum Gasteiger partial charge on any atom is -0.489 e. The van der Waals surface area contributed by atoms with E-state index < -0.39 is 5.97 Å². The number of hydrogen-bond acceptors (Lipinski definition) is 3. The summed E-state index contributed by atoms with van der Waals surface area (Å²) >= 11 is 0. The van der Waals surface area contributed by atoms with E-state index >= 15 is 0 Å². The zero-order chi connectivity index (χ0) is 19.1. The van der Waals surface area contributed by atoms with Gasteiger partial charge in [0.1, 0.15) is 12.4 Å². The van der Waals surface area contributed by atoms with Crippen LogP contribution in [0.4, 0.5) is 0 Å². The third-order valence-electron chi connectivity index (χ3n) is 4.90. The Hall–Kier alpha value is -2.82. The highest BCUT2D eigenvalue weighted by molar-refractivity contribution is 5.94. The number of carboxylic acids is 1. The van der Waals surface area contributed by atoms with Crippen molar-refractivity contribution in [2.24, 2.45) is 5.92 Å². The van der Waals surface area contributed by atoms with Crippen LogP contribution >= 0.6 is 0 Å². The molecule has 5 nitrogen and oxygen atoms in total. The van der Waals surface area contributed by atoms with Crippen LogP contribution in [-0.4, -0.2) is 35.0 Å². The number of carbonyl (C=O) groups is 2. The van der Waals surface area contributed by atoms with Crippen LogP contribution in [0.5, 0.6) is 5.75 Å². The van der Waals surface area contributed by atoms with Crippen LogP contribution in [-0.2, 0) is 11.4 Å². The number of benzene rings is 2. The number of nitrogens with zero attached hydrogens (tertiary/aromatic N) is 1. The van der Waals surface area contributed by atoms with E-state index in [0.29, 0.717) is 30.9 Å². The molecule has 1 unspecified atom stereocenters. The fourth-order valence-corrected chi connectivity index (χ4v) is 3.46. The molecular formula is C22H25NO4. The van der Waals surface area contributed by atoms with Crippen LogP contribution in [0.1, 0.15) is 41.6 Å². The molecule has 1 aliphatic rings. The van der Waals surface area contributed by atoms with Gasteiger partial charge in [0.2, 0.25) is 0 Å². The van der Waals surface area contributed by atoms with E-state index in [-0.39, 0.29) is 18.2 Å². The molecule has 1 N–H and O–H groups in total. The molecule has 1 saturated heterocycles. The molecule has 0 spiro atoms. The highest BCUT2D eigenvalue weighted by Crippen LogP contribution is 2.24. The van der Waals surface area contributed by atoms with Gasteiger partial charge in [-0.3, -0.25) is 9.59 Å². The maximum absolute atomic E-state index is 12.9. The summed E-state index contributed by atoms with van der Waals surface area (Å²) in [6.45, 7) is 1.80. The lowest BCUT2D eigenvalue weighted by atomic mass is 9.93. The van der Waals surface area contributed by atoms with Gasteiger partial charge in [-0.1, -0.05) is 36.4 Å². The Morgan fingerprint density at radius 1 is 1.11 bits per heavy atom. The van der Waals surface area contributed by atoms with E-state index in [4.69, 9.17) is 9.84 Å². The van der Waals surface area contributed by atoms with Crippen molar-refractivity contribution in [3.05, 3.63) is 65.7 Å². The Morgan fingerprint density at radius 3 is 2.70 bits per heavy atom. The second-order valence-electron chi connectivity index (χ2n) is 6.99. The summed E-state index contributed by atoms with van der Waals surface area (Å²) in [7, 11) is 0. The fourth-order valence-electron chi connectivity index (χ4n) is 3.46. The minimum absolute atomic E-state index is 0.0137. The van der Waals surface area contributed by atoms with Gasteiger partial charge in [-0.05, 0) is 48.9 Å². The van der Waals surface area contributed by atoms with Crippen LogP contribution in [0.3, 0.4) is 0 Å². The predicted octanol–water partition coefficient (Wildman–Crippen LogP) is 3.98. The molecule has 1 atom stereocenters. The molecule has 1 heterocycles. The van der Waals surface area contributed by atoms with Gasteiger partial charge in [0.15, 0.2) is 0 Å². The van der Waals surface area contributed by atoms with Crippen LogP contribution in [0.2, 0.25) is 0 Å². The van der Waals surface area contributed by atoms with Crippen molar-refractivity contribution >= 4 is 11.9 Å². The maximum atomic E-state index is 12.9. The molecule has 0 radical (unpaired) electrons. The van der Waals surface area contributed by atoms with Crippen molar-refractivity contribution in [1.29, 1.82) is 0 Å². The largest absolute Gasteiger partial charge is 0.489 e. The van der Waals surface area contributed by atoms with Crippen molar-refractivity contribution in [3.8, 4) is 5.75 Å². The highest BCUT2D eigenvalue weighted by atomic mass is 16.5. The topological polar surface area (TPSA) is 66.8 Å². The molecular weight excluding hydrogens is 342 g/mol. The minimum atomic E-state index is -0.776. The van der Waals surface area contributed by atoms with Crippen molar-refractivity contribution in [3.63, 3.8) is 0 Å². The lowest BCUT2D eigenvalue weighted by Crippen LogP contribution is -2.40. The molecule has 5 heteroatoms. The monoisotopic (exact) mass is 367 g/mol. The zero-order valence-corrected chi connectivity index (χ0v) is 15.3. The van der Waals surface area contributed by atoms with Gasteiger partial charge in [0.25, 0.3) is 5.91 Å². The van der Waals surface area contributed by atoms with E-state index in [0.717, 1.165) is 24.9 Å². The lowest BCUT2D eigenvalue weighted by molar-refractivity contribution is -0.137. The van der Waals surface area contributed by atoms with Crippen molar-refractivity contribution in [1.82, 2.24) is 4.90 Å². The molecule has 2 aromatic carbocycles. The number of ether oxygens (including phenoxy) is 1. The normalized spacial score (nSPS) is 16.7. The summed E-state index contributed by atoms with van der Waals surface area (Å²) in [5.41, 5.74) is 1.69. The predicted molar refractivity (Wildman–Crippen MR) is 103 cm³/mol. The first-order valence-electron chi connectivity index (χ1n) is 9.39. The van der Waals surface area contributed by atoms with E-state index in [1.807, 2.05) is 47.4 Å².